The van der Waals surface area contributed by atoms with Gasteiger partial charge in [0.2, 0.25) is 0 Å². The fourth-order valence-electron chi connectivity index (χ4n) is 3.08. The van der Waals surface area contributed by atoms with Crippen molar-refractivity contribution in [1.82, 2.24) is 4.90 Å². The van der Waals surface area contributed by atoms with Gasteiger partial charge < -0.3 is 10.1 Å². The molecule has 5 nitrogen and oxygen atoms in total. The maximum absolute atomic E-state index is 13.0. The van der Waals surface area contributed by atoms with Crippen LogP contribution >= 0.6 is 0 Å². The van der Waals surface area contributed by atoms with Crippen LogP contribution < -0.4 is 9.63 Å². The second-order valence-corrected chi connectivity index (χ2v) is 6.48. The molecule has 1 fully saturated rings. The Morgan fingerprint density at radius 2 is 1.45 bits per heavy atom. The van der Waals surface area contributed by atoms with Gasteiger partial charge in [-0.3, -0.25) is 9.69 Å². The van der Waals surface area contributed by atoms with Crippen LogP contribution in [0.3, 0.4) is 0 Å². The third-order valence-electron chi connectivity index (χ3n) is 4.54. The Labute approximate surface area is 161 Å². The van der Waals surface area contributed by atoms with E-state index in [1.54, 1.807) is 23.1 Å². The van der Waals surface area contributed by atoms with Crippen LogP contribution in [0.2, 0.25) is 0 Å². The summed E-state index contributed by atoms with van der Waals surface area (Å²) in [6.07, 6.45) is -8.62. The zero-order chi connectivity index (χ0) is 21.4. The Kier molecular flexibility index (Phi) is 5.33. The van der Waals surface area contributed by atoms with Gasteiger partial charge in [0, 0.05) is 11.6 Å². The number of aromatic nitrogens is 1. The lowest BCUT2D eigenvalue weighted by Crippen LogP contribution is -2.52. The predicted molar refractivity (Wildman–Crippen MR) is 88.4 cm³/mol. The second-order valence-electron chi connectivity index (χ2n) is 6.48. The largest absolute Gasteiger partial charge is 0.416 e. The van der Waals surface area contributed by atoms with E-state index in [-0.39, 0.29) is 32.2 Å². The van der Waals surface area contributed by atoms with Gasteiger partial charge in [0.05, 0.1) is 24.2 Å². The van der Waals surface area contributed by atoms with Crippen LogP contribution in [-0.4, -0.2) is 42.2 Å². The zero-order valence-electron chi connectivity index (χ0n) is 14.8. The van der Waals surface area contributed by atoms with Crippen LogP contribution in [0.5, 0.6) is 0 Å². The fourth-order valence-corrected chi connectivity index (χ4v) is 3.08. The summed E-state index contributed by atoms with van der Waals surface area (Å²) in [6, 6.07) is 5.80. The van der Waals surface area contributed by atoms with Gasteiger partial charge in [0.25, 0.3) is 5.91 Å². The molecule has 0 unspecified atom stereocenters. The van der Waals surface area contributed by atoms with Crippen molar-refractivity contribution < 1.29 is 41.1 Å². The first-order valence-electron chi connectivity index (χ1n) is 8.50. The van der Waals surface area contributed by atoms with E-state index in [1.165, 1.54) is 11.1 Å². The van der Waals surface area contributed by atoms with Gasteiger partial charge >= 0.3 is 18.2 Å². The number of halogens is 6. The standard InChI is InChI=1S/C18H16F6N3O2/c19-17(20,21)13-9-12(10-14(11-13)18(22,23)24)16(28)26-7-5-25(6-8-26)15-3-1-2-4-27(15)29/h1-4,9-11,29H,5-8H2/q+1. The van der Waals surface area contributed by atoms with Crippen molar-refractivity contribution in [3.63, 3.8) is 0 Å². The number of amides is 1. The molecular formula is C18H16F6N3O2+. The second kappa shape index (κ2) is 7.45. The predicted octanol–water partition coefficient (Wildman–Crippen LogP) is 3.21. The number of hydrogen-bond acceptors (Lipinski definition) is 3. The van der Waals surface area contributed by atoms with Crippen LogP contribution in [0.15, 0.2) is 42.6 Å². The number of pyridine rings is 1. The van der Waals surface area contributed by atoms with Crippen molar-refractivity contribution >= 4 is 11.7 Å². The molecule has 0 spiro atoms. The number of hydrogen-bond donors (Lipinski definition) is 1. The molecule has 156 valence electrons. The van der Waals surface area contributed by atoms with Crippen molar-refractivity contribution in [2.45, 2.75) is 12.4 Å². The average molecular weight is 420 g/mol. The highest BCUT2D eigenvalue weighted by atomic mass is 19.4. The van der Waals surface area contributed by atoms with Crippen molar-refractivity contribution in [2.75, 3.05) is 31.1 Å². The Morgan fingerprint density at radius 1 is 0.897 bits per heavy atom. The SMILES string of the molecule is O=C(c1cc(C(F)(F)F)cc(C(F)(F)F)c1)N1CCN(c2cccc[n+]2O)CC1. The molecule has 1 aromatic carbocycles. The molecule has 11 heteroatoms. The van der Waals surface area contributed by atoms with Gasteiger partial charge in [-0.2, -0.15) is 26.3 Å². The van der Waals surface area contributed by atoms with Crippen molar-refractivity contribution in [2.24, 2.45) is 0 Å². The van der Waals surface area contributed by atoms with Crippen molar-refractivity contribution in [3.8, 4) is 0 Å². The Hall–Kier alpha value is -2.98. The summed E-state index contributed by atoms with van der Waals surface area (Å²) in [5, 5.41) is 9.81. The van der Waals surface area contributed by atoms with Gasteiger partial charge in [-0.05, 0) is 24.3 Å². The first kappa shape index (κ1) is 20.7. The highest BCUT2D eigenvalue weighted by Crippen LogP contribution is 2.36. The minimum atomic E-state index is -5.02. The number of anilines is 1. The summed E-state index contributed by atoms with van der Waals surface area (Å²) < 4.78 is 78.9. The van der Waals surface area contributed by atoms with E-state index in [0.717, 1.165) is 4.73 Å². The highest BCUT2D eigenvalue weighted by Gasteiger charge is 2.38. The van der Waals surface area contributed by atoms with E-state index >= 15 is 0 Å². The minimum absolute atomic E-state index is 0.00980. The summed E-state index contributed by atoms with van der Waals surface area (Å²) in [4.78, 5) is 15.5. The first-order chi connectivity index (χ1) is 13.5. The molecule has 2 heterocycles. The number of benzene rings is 1. The van der Waals surface area contributed by atoms with Gasteiger partial charge in [0.15, 0.2) is 0 Å². The number of piperazine rings is 1. The summed E-state index contributed by atoms with van der Waals surface area (Å²) in [5.74, 6) is -0.454. The Morgan fingerprint density at radius 3 is 1.93 bits per heavy atom. The quantitative estimate of drug-likeness (QED) is 0.461. The lowest BCUT2D eigenvalue weighted by molar-refractivity contribution is -0.894. The van der Waals surface area contributed by atoms with Crippen molar-refractivity contribution in [3.05, 3.63) is 59.3 Å². The molecule has 3 rings (SSSR count). The molecule has 1 N–H and O–H groups in total. The maximum atomic E-state index is 13.0. The number of alkyl halides is 6. The number of nitrogens with zero attached hydrogens (tertiary/aromatic N) is 3. The van der Waals surface area contributed by atoms with Crippen LogP contribution in [0, 0.1) is 0 Å². The third-order valence-corrected chi connectivity index (χ3v) is 4.54. The van der Waals surface area contributed by atoms with Crippen LogP contribution in [0.1, 0.15) is 21.5 Å². The smallest absolute Gasteiger partial charge is 0.350 e. The fraction of sp³-hybridized carbons (Fsp3) is 0.333. The summed E-state index contributed by atoms with van der Waals surface area (Å²) >= 11 is 0. The van der Waals surface area contributed by atoms with E-state index in [9.17, 15) is 36.3 Å². The monoisotopic (exact) mass is 420 g/mol. The zero-order valence-corrected chi connectivity index (χ0v) is 14.8. The van der Waals surface area contributed by atoms with Gasteiger partial charge in [-0.1, -0.05) is 10.8 Å². The maximum Gasteiger partial charge on any atom is 0.416 e. The molecule has 0 saturated carbocycles. The van der Waals surface area contributed by atoms with E-state index in [4.69, 9.17) is 0 Å². The number of carbonyl (C=O) groups is 1. The molecule has 29 heavy (non-hydrogen) atoms. The van der Waals surface area contributed by atoms with Crippen LogP contribution in [0.4, 0.5) is 32.2 Å². The molecule has 1 aromatic heterocycles. The van der Waals surface area contributed by atoms with Crippen LogP contribution in [0.25, 0.3) is 0 Å². The van der Waals surface area contributed by atoms with E-state index in [0.29, 0.717) is 18.0 Å². The molecular weight excluding hydrogens is 404 g/mol. The number of rotatable bonds is 2. The average Bonchev–Trinajstić information content (AvgIpc) is 2.66. The molecule has 2 aromatic rings. The first-order valence-corrected chi connectivity index (χ1v) is 8.50. The van der Waals surface area contributed by atoms with Crippen LogP contribution in [-0.2, 0) is 12.4 Å². The topological polar surface area (TPSA) is 47.7 Å². The molecule has 0 radical (unpaired) electrons. The Balaban J connectivity index is 1.81. The van der Waals surface area contributed by atoms with Gasteiger partial charge in [-0.15, -0.1) is 0 Å². The van der Waals surface area contributed by atoms with Gasteiger partial charge in [0.1, 0.15) is 19.3 Å². The van der Waals surface area contributed by atoms with Gasteiger partial charge in [-0.25, -0.2) is 0 Å². The lowest BCUT2D eigenvalue weighted by Gasteiger charge is -2.31. The Bertz CT molecular complexity index is 873. The summed E-state index contributed by atoms with van der Waals surface area (Å²) in [5.41, 5.74) is -3.72. The van der Waals surface area contributed by atoms with Crippen molar-refractivity contribution in [1.29, 1.82) is 0 Å². The highest BCUT2D eigenvalue weighted by molar-refractivity contribution is 5.95. The summed E-state index contributed by atoms with van der Waals surface area (Å²) in [7, 11) is 0. The normalized spacial score (nSPS) is 15.5. The molecule has 1 saturated heterocycles. The number of carbonyl (C=O) groups excluding carboxylic acids is 1. The molecule has 1 amide bonds. The summed E-state index contributed by atoms with van der Waals surface area (Å²) in [6.45, 7) is 0.652. The third kappa shape index (κ3) is 4.54. The van der Waals surface area contributed by atoms with E-state index in [1.807, 2.05) is 0 Å². The molecule has 0 bridgehead atoms. The molecule has 0 atom stereocenters. The minimum Gasteiger partial charge on any atom is -0.350 e. The lowest BCUT2D eigenvalue weighted by atomic mass is 10.0. The molecule has 1 aliphatic rings. The van der Waals surface area contributed by atoms with E-state index in [2.05, 4.69) is 0 Å². The molecule has 0 aliphatic carbocycles. The van der Waals surface area contributed by atoms with E-state index < -0.39 is 35.0 Å². The molecule has 1 aliphatic heterocycles.